The van der Waals surface area contributed by atoms with E-state index in [0.717, 1.165) is 16.6 Å². The number of hydrogen-bond donors (Lipinski definition) is 2. The first kappa shape index (κ1) is 15.7. The highest BCUT2D eigenvalue weighted by molar-refractivity contribution is 7.89. The molecule has 1 aromatic heterocycles. The van der Waals surface area contributed by atoms with Gasteiger partial charge in [-0.25, -0.2) is 18.1 Å². The molecule has 0 aliphatic rings. The van der Waals surface area contributed by atoms with Crippen molar-refractivity contribution in [2.45, 2.75) is 31.2 Å². The van der Waals surface area contributed by atoms with Crippen LogP contribution in [-0.2, 0) is 16.6 Å². The van der Waals surface area contributed by atoms with Crippen LogP contribution in [0.1, 0.15) is 31.2 Å². The fourth-order valence-corrected chi connectivity index (χ4v) is 3.36. The highest BCUT2D eigenvalue weighted by atomic mass is 32.2. The molecule has 0 saturated carbocycles. The summed E-state index contributed by atoms with van der Waals surface area (Å²) in [6, 6.07) is 14.6. The lowest BCUT2D eigenvalue weighted by Gasteiger charge is -2.08. The Bertz CT molecular complexity index is 879. The van der Waals surface area contributed by atoms with Gasteiger partial charge >= 0.3 is 0 Å². The van der Waals surface area contributed by atoms with E-state index in [-0.39, 0.29) is 11.4 Å². The highest BCUT2D eigenvalue weighted by Gasteiger charge is 2.15. The topological polar surface area (TPSA) is 74.8 Å². The molecule has 2 aromatic carbocycles. The SMILES string of the molecule is CC(C)c1ccc(S(=O)(=O)NCc2nc3ccccc3[nH]2)cc1. The number of sulfonamides is 1. The van der Waals surface area contributed by atoms with Crippen molar-refractivity contribution in [1.29, 1.82) is 0 Å². The number of fused-ring (bicyclic) bond motifs is 1. The van der Waals surface area contributed by atoms with Gasteiger partial charge in [0.1, 0.15) is 5.82 Å². The third-order valence-corrected chi connectivity index (χ3v) is 5.14. The van der Waals surface area contributed by atoms with Gasteiger partial charge in [0.05, 0.1) is 22.5 Å². The molecule has 0 fully saturated rings. The quantitative estimate of drug-likeness (QED) is 0.755. The normalized spacial score (nSPS) is 12.1. The molecule has 0 amide bonds. The summed E-state index contributed by atoms with van der Waals surface area (Å²) in [5.41, 5.74) is 2.83. The molecule has 6 heteroatoms. The number of benzene rings is 2. The van der Waals surface area contributed by atoms with Crippen LogP contribution in [0.5, 0.6) is 0 Å². The van der Waals surface area contributed by atoms with Gasteiger partial charge < -0.3 is 4.98 Å². The molecular weight excluding hydrogens is 310 g/mol. The van der Waals surface area contributed by atoms with Gasteiger partial charge in [0.15, 0.2) is 0 Å². The van der Waals surface area contributed by atoms with Gasteiger partial charge in [-0.3, -0.25) is 0 Å². The van der Waals surface area contributed by atoms with Crippen LogP contribution < -0.4 is 4.72 Å². The molecule has 5 nitrogen and oxygen atoms in total. The molecule has 3 rings (SSSR count). The average Bonchev–Trinajstić information content (AvgIpc) is 2.96. The summed E-state index contributed by atoms with van der Waals surface area (Å²) < 4.78 is 27.3. The number of nitrogens with one attached hydrogen (secondary N) is 2. The standard InChI is InChI=1S/C17H19N3O2S/c1-12(2)13-7-9-14(10-8-13)23(21,22)18-11-17-19-15-5-3-4-6-16(15)20-17/h3-10,12,18H,11H2,1-2H3,(H,19,20). The summed E-state index contributed by atoms with van der Waals surface area (Å²) in [5.74, 6) is 0.962. The van der Waals surface area contributed by atoms with Crippen molar-refractivity contribution in [1.82, 2.24) is 14.7 Å². The van der Waals surface area contributed by atoms with Gasteiger partial charge in [-0.05, 0) is 35.7 Å². The molecule has 0 unspecified atom stereocenters. The van der Waals surface area contributed by atoms with Crippen molar-refractivity contribution in [2.24, 2.45) is 0 Å². The van der Waals surface area contributed by atoms with Gasteiger partial charge in [0.25, 0.3) is 0 Å². The Morgan fingerprint density at radius 1 is 1.09 bits per heavy atom. The molecule has 2 N–H and O–H groups in total. The number of H-pyrrole nitrogens is 1. The van der Waals surface area contributed by atoms with Gasteiger partial charge in [0.2, 0.25) is 10.0 Å². The first-order valence-corrected chi connectivity index (χ1v) is 8.97. The van der Waals surface area contributed by atoms with Gasteiger partial charge in [-0.1, -0.05) is 38.1 Å². The van der Waals surface area contributed by atoms with Crippen molar-refractivity contribution in [3.63, 3.8) is 0 Å². The molecule has 1 heterocycles. The van der Waals surface area contributed by atoms with E-state index in [9.17, 15) is 8.42 Å². The van der Waals surface area contributed by atoms with E-state index in [0.29, 0.717) is 11.7 Å². The summed E-state index contributed by atoms with van der Waals surface area (Å²) in [6.45, 7) is 4.27. The Morgan fingerprint density at radius 2 is 1.78 bits per heavy atom. The second-order valence-corrected chi connectivity index (χ2v) is 7.52. The summed E-state index contributed by atoms with van der Waals surface area (Å²) in [4.78, 5) is 7.73. The minimum absolute atomic E-state index is 0.128. The molecule has 120 valence electrons. The van der Waals surface area contributed by atoms with Crippen LogP contribution in [0, 0.1) is 0 Å². The second-order valence-electron chi connectivity index (χ2n) is 5.75. The Kier molecular flexibility index (Phi) is 4.19. The zero-order chi connectivity index (χ0) is 16.4. The van der Waals surface area contributed by atoms with E-state index in [1.165, 1.54) is 0 Å². The van der Waals surface area contributed by atoms with E-state index in [4.69, 9.17) is 0 Å². The average molecular weight is 329 g/mol. The Balaban J connectivity index is 1.75. The summed E-state index contributed by atoms with van der Waals surface area (Å²) >= 11 is 0. The first-order chi connectivity index (χ1) is 11.0. The molecule has 0 aliphatic carbocycles. The lowest BCUT2D eigenvalue weighted by Crippen LogP contribution is -2.23. The Morgan fingerprint density at radius 3 is 2.43 bits per heavy atom. The van der Waals surface area contributed by atoms with Gasteiger partial charge in [-0.2, -0.15) is 0 Å². The third-order valence-electron chi connectivity index (χ3n) is 3.73. The highest BCUT2D eigenvalue weighted by Crippen LogP contribution is 2.17. The molecule has 23 heavy (non-hydrogen) atoms. The fraction of sp³-hybridized carbons (Fsp3) is 0.235. The van der Waals surface area contributed by atoms with Crippen LogP contribution in [0.4, 0.5) is 0 Å². The van der Waals surface area contributed by atoms with Crippen LogP contribution >= 0.6 is 0 Å². The molecule has 0 radical (unpaired) electrons. The molecule has 3 aromatic rings. The fourth-order valence-electron chi connectivity index (χ4n) is 2.37. The number of aromatic amines is 1. The second kappa shape index (κ2) is 6.14. The Labute approximate surface area is 135 Å². The van der Waals surface area contributed by atoms with Crippen LogP contribution in [0.3, 0.4) is 0 Å². The van der Waals surface area contributed by atoms with Crippen LogP contribution in [0.25, 0.3) is 11.0 Å². The van der Waals surface area contributed by atoms with Crippen LogP contribution in [-0.4, -0.2) is 18.4 Å². The summed E-state index contributed by atoms with van der Waals surface area (Å²) in [7, 11) is -3.55. The Hall–Kier alpha value is -2.18. The van der Waals surface area contributed by atoms with Crippen molar-refractivity contribution in [2.75, 3.05) is 0 Å². The number of para-hydroxylation sites is 2. The first-order valence-electron chi connectivity index (χ1n) is 7.49. The van der Waals surface area contributed by atoms with E-state index >= 15 is 0 Å². The van der Waals surface area contributed by atoms with Gasteiger partial charge in [0, 0.05) is 0 Å². The predicted octanol–water partition coefficient (Wildman–Crippen LogP) is 3.16. The van der Waals surface area contributed by atoms with Crippen molar-refractivity contribution < 1.29 is 8.42 Å². The predicted molar refractivity (Wildman–Crippen MR) is 90.7 cm³/mol. The molecule has 0 saturated heterocycles. The third kappa shape index (κ3) is 3.43. The molecule has 0 spiro atoms. The lowest BCUT2D eigenvalue weighted by atomic mass is 10.0. The van der Waals surface area contributed by atoms with E-state index in [1.807, 2.05) is 36.4 Å². The smallest absolute Gasteiger partial charge is 0.240 e. The number of rotatable bonds is 5. The summed E-state index contributed by atoms with van der Waals surface area (Å²) in [6.07, 6.45) is 0. The molecule has 0 atom stereocenters. The minimum Gasteiger partial charge on any atom is -0.341 e. The van der Waals surface area contributed by atoms with E-state index in [2.05, 4.69) is 28.5 Å². The zero-order valence-corrected chi connectivity index (χ0v) is 13.9. The zero-order valence-electron chi connectivity index (χ0n) is 13.1. The summed E-state index contributed by atoms with van der Waals surface area (Å²) in [5, 5.41) is 0. The maximum atomic E-state index is 12.3. The van der Waals surface area contributed by atoms with Crippen molar-refractivity contribution in [3.05, 3.63) is 59.9 Å². The van der Waals surface area contributed by atoms with Crippen molar-refractivity contribution >= 4 is 21.1 Å². The number of nitrogens with zero attached hydrogens (tertiary/aromatic N) is 1. The number of aromatic nitrogens is 2. The lowest BCUT2D eigenvalue weighted by molar-refractivity contribution is 0.579. The van der Waals surface area contributed by atoms with Crippen LogP contribution in [0.15, 0.2) is 53.4 Å². The van der Waals surface area contributed by atoms with E-state index < -0.39 is 10.0 Å². The van der Waals surface area contributed by atoms with Crippen LogP contribution in [0.2, 0.25) is 0 Å². The van der Waals surface area contributed by atoms with Crippen molar-refractivity contribution in [3.8, 4) is 0 Å². The molecule has 0 aliphatic heterocycles. The largest absolute Gasteiger partial charge is 0.341 e. The molecular formula is C17H19N3O2S. The maximum absolute atomic E-state index is 12.3. The monoisotopic (exact) mass is 329 g/mol. The van der Waals surface area contributed by atoms with Gasteiger partial charge in [-0.15, -0.1) is 0 Å². The molecule has 0 bridgehead atoms. The number of hydrogen-bond acceptors (Lipinski definition) is 3. The van der Waals surface area contributed by atoms with E-state index in [1.54, 1.807) is 12.1 Å². The number of imidazole rings is 1. The minimum atomic E-state index is -3.55. The maximum Gasteiger partial charge on any atom is 0.240 e.